The average Bonchev–Trinajstić information content (AvgIpc) is 2.80. The maximum Gasteiger partial charge on any atom is 0.308 e. The van der Waals surface area contributed by atoms with Crippen molar-refractivity contribution in [2.24, 2.45) is 17.8 Å². The Balaban J connectivity index is 1.73. The first-order valence-electron chi connectivity index (χ1n) is 8.32. The Morgan fingerprint density at radius 2 is 1.79 bits per heavy atom. The monoisotopic (exact) mass is 336 g/mol. The summed E-state index contributed by atoms with van der Waals surface area (Å²) in [6.45, 7) is 4.11. The van der Waals surface area contributed by atoms with Crippen molar-refractivity contribution in [3.63, 3.8) is 0 Å². The molecule has 24 heavy (non-hydrogen) atoms. The fourth-order valence-corrected chi connectivity index (χ4v) is 2.88. The molecule has 0 aromatic rings. The van der Waals surface area contributed by atoms with Crippen LogP contribution >= 0.6 is 0 Å². The van der Waals surface area contributed by atoms with Crippen molar-refractivity contribution in [2.45, 2.75) is 33.1 Å². The molecule has 0 spiro atoms. The Morgan fingerprint density at radius 3 is 2.33 bits per heavy atom. The molecular weight excluding hydrogens is 312 g/mol. The maximum atomic E-state index is 12.2. The number of nitrogens with zero attached hydrogens (tertiary/aromatic N) is 1. The van der Waals surface area contributed by atoms with E-state index in [0.29, 0.717) is 25.3 Å². The fourth-order valence-electron chi connectivity index (χ4n) is 2.88. The molecular formula is C17H24N2O5. The van der Waals surface area contributed by atoms with Crippen LogP contribution in [0.25, 0.3) is 0 Å². The van der Waals surface area contributed by atoms with E-state index in [2.05, 4.69) is 5.32 Å². The SMILES string of the molecule is CC(C)CNC(=O)COC(=O)CCN1C(=O)[C@H]2CC=CC[C@@H]2C1=O. The van der Waals surface area contributed by atoms with Crippen molar-refractivity contribution in [2.75, 3.05) is 19.7 Å². The average molecular weight is 336 g/mol. The number of hydrogen-bond donors (Lipinski definition) is 1. The zero-order chi connectivity index (χ0) is 17.7. The Hall–Kier alpha value is -2.18. The minimum atomic E-state index is -0.594. The van der Waals surface area contributed by atoms with Gasteiger partial charge in [-0.1, -0.05) is 26.0 Å². The van der Waals surface area contributed by atoms with Gasteiger partial charge in [-0.15, -0.1) is 0 Å². The van der Waals surface area contributed by atoms with E-state index >= 15 is 0 Å². The number of hydrogen-bond acceptors (Lipinski definition) is 5. The summed E-state index contributed by atoms with van der Waals surface area (Å²) in [4.78, 5) is 48.8. The summed E-state index contributed by atoms with van der Waals surface area (Å²) < 4.78 is 4.87. The van der Waals surface area contributed by atoms with E-state index < -0.39 is 5.97 Å². The van der Waals surface area contributed by atoms with Crippen LogP contribution in [0.5, 0.6) is 0 Å². The summed E-state index contributed by atoms with van der Waals surface area (Å²) in [5.41, 5.74) is 0. The largest absolute Gasteiger partial charge is 0.456 e. The number of nitrogens with one attached hydrogen (secondary N) is 1. The van der Waals surface area contributed by atoms with Crippen molar-refractivity contribution < 1.29 is 23.9 Å². The van der Waals surface area contributed by atoms with E-state index in [1.807, 2.05) is 26.0 Å². The highest BCUT2D eigenvalue weighted by atomic mass is 16.5. The first-order valence-corrected chi connectivity index (χ1v) is 8.32. The van der Waals surface area contributed by atoms with Crippen LogP contribution in [0.2, 0.25) is 0 Å². The lowest BCUT2D eigenvalue weighted by Crippen LogP contribution is -2.34. The Morgan fingerprint density at radius 1 is 1.21 bits per heavy atom. The smallest absolute Gasteiger partial charge is 0.308 e. The van der Waals surface area contributed by atoms with Crippen LogP contribution < -0.4 is 5.32 Å². The highest BCUT2D eigenvalue weighted by molar-refractivity contribution is 6.05. The Labute approximate surface area is 141 Å². The number of imide groups is 1. The molecule has 7 heteroatoms. The Kier molecular flexibility index (Phi) is 6.11. The molecule has 1 aliphatic carbocycles. The minimum Gasteiger partial charge on any atom is -0.456 e. The zero-order valence-corrected chi connectivity index (χ0v) is 14.1. The molecule has 0 aromatic heterocycles. The third-order valence-electron chi connectivity index (χ3n) is 4.21. The first-order chi connectivity index (χ1) is 11.4. The molecule has 1 fully saturated rings. The molecule has 0 saturated carbocycles. The molecule has 7 nitrogen and oxygen atoms in total. The summed E-state index contributed by atoms with van der Waals surface area (Å²) in [6.07, 6.45) is 4.89. The van der Waals surface area contributed by atoms with Crippen molar-refractivity contribution in [1.29, 1.82) is 0 Å². The van der Waals surface area contributed by atoms with Gasteiger partial charge in [0, 0.05) is 13.1 Å². The van der Waals surface area contributed by atoms with Crippen LogP contribution in [-0.4, -0.2) is 48.3 Å². The van der Waals surface area contributed by atoms with Gasteiger partial charge in [-0.3, -0.25) is 24.1 Å². The van der Waals surface area contributed by atoms with Gasteiger partial charge in [0.25, 0.3) is 5.91 Å². The number of ether oxygens (including phenoxy) is 1. The second-order valence-electron chi connectivity index (χ2n) is 6.59. The summed E-state index contributed by atoms with van der Waals surface area (Å²) >= 11 is 0. The molecule has 0 unspecified atom stereocenters. The van der Waals surface area contributed by atoms with Gasteiger partial charge < -0.3 is 10.1 Å². The van der Waals surface area contributed by atoms with Gasteiger partial charge >= 0.3 is 5.97 Å². The van der Waals surface area contributed by atoms with Crippen LogP contribution in [0.3, 0.4) is 0 Å². The van der Waals surface area contributed by atoms with Crippen LogP contribution in [0.1, 0.15) is 33.1 Å². The predicted octanol–water partition coefficient (Wildman–Crippen LogP) is 0.643. The number of rotatable bonds is 7. The number of carbonyl (C=O) groups excluding carboxylic acids is 4. The lowest BCUT2D eigenvalue weighted by Gasteiger charge is -2.14. The summed E-state index contributed by atoms with van der Waals surface area (Å²) in [6, 6.07) is 0. The van der Waals surface area contributed by atoms with Crippen molar-refractivity contribution in [1.82, 2.24) is 10.2 Å². The van der Waals surface area contributed by atoms with Crippen molar-refractivity contribution in [3.8, 4) is 0 Å². The molecule has 0 radical (unpaired) electrons. The van der Waals surface area contributed by atoms with Gasteiger partial charge in [0.05, 0.1) is 18.3 Å². The minimum absolute atomic E-state index is 0.0110. The van der Waals surface area contributed by atoms with E-state index in [1.54, 1.807) is 0 Å². The van der Waals surface area contributed by atoms with Crippen LogP contribution in [0.4, 0.5) is 0 Å². The van der Waals surface area contributed by atoms with Crippen molar-refractivity contribution in [3.05, 3.63) is 12.2 Å². The van der Waals surface area contributed by atoms with Gasteiger partial charge in [0.15, 0.2) is 6.61 Å². The molecule has 2 rings (SSSR count). The van der Waals surface area contributed by atoms with E-state index in [9.17, 15) is 19.2 Å². The highest BCUT2D eigenvalue weighted by Gasteiger charge is 2.46. The quantitative estimate of drug-likeness (QED) is 0.418. The number of carbonyl (C=O) groups is 4. The molecule has 1 heterocycles. The van der Waals surface area contributed by atoms with E-state index in [4.69, 9.17) is 4.74 Å². The van der Waals surface area contributed by atoms with Crippen molar-refractivity contribution >= 4 is 23.7 Å². The van der Waals surface area contributed by atoms with E-state index in [1.165, 1.54) is 0 Å². The van der Waals surface area contributed by atoms with Gasteiger partial charge in [-0.25, -0.2) is 0 Å². The van der Waals surface area contributed by atoms with Gasteiger partial charge in [0.2, 0.25) is 11.8 Å². The standard InChI is InChI=1S/C17H24N2O5/c1-11(2)9-18-14(20)10-24-15(21)7-8-19-16(22)12-5-3-4-6-13(12)17(19)23/h3-4,11-13H,5-10H2,1-2H3,(H,18,20)/t12-,13-/m0/s1. The summed E-state index contributed by atoms with van der Waals surface area (Å²) in [5.74, 6) is -1.64. The third kappa shape index (κ3) is 4.43. The predicted molar refractivity (Wildman–Crippen MR) is 85.5 cm³/mol. The normalized spacial score (nSPS) is 22.7. The number of likely N-dealkylation sites (tertiary alicyclic amines) is 1. The fraction of sp³-hybridized carbons (Fsp3) is 0.647. The number of esters is 1. The van der Waals surface area contributed by atoms with Gasteiger partial charge in [-0.2, -0.15) is 0 Å². The molecule has 0 aromatic carbocycles. The lowest BCUT2D eigenvalue weighted by atomic mass is 9.85. The molecule has 0 bridgehead atoms. The van der Waals surface area contributed by atoms with Crippen LogP contribution in [0.15, 0.2) is 12.2 Å². The van der Waals surface area contributed by atoms with Gasteiger partial charge in [0.1, 0.15) is 0 Å². The molecule has 132 valence electrons. The molecule has 2 aliphatic rings. The number of fused-ring (bicyclic) bond motifs is 1. The van der Waals surface area contributed by atoms with E-state index in [-0.39, 0.29) is 49.1 Å². The molecule has 1 aliphatic heterocycles. The number of amides is 3. The maximum absolute atomic E-state index is 12.2. The van der Waals surface area contributed by atoms with E-state index in [0.717, 1.165) is 4.90 Å². The van der Waals surface area contributed by atoms with Crippen LogP contribution in [0, 0.1) is 17.8 Å². The summed E-state index contributed by atoms with van der Waals surface area (Å²) in [7, 11) is 0. The second-order valence-corrected chi connectivity index (χ2v) is 6.59. The first kappa shape index (κ1) is 18.2. The topological polar surface area (TPSA) is 92.8 Å². The van der Waals surface area contributed by atoms with Crippen LogP contribution in [-0.2, 0) is 23.9 Å². The number of allylic oxidation sites excluding steroid dienone is 2. The molecule has 1 saturated heterocycles. The lowest BCUT2D eigenvalue weighted by molar-refractivity contribution is -0.150. The zero-order valence-electron chi connectivity index (χ0n) is 14.1. The van der Waals surface area contributed by atoms with Gasteiger partial charge in [-0.05, 0) is 18.8 Å². The summed E-state index contributed by atoms with van der Waals surface area (Å²) in [5, 5.41) is 2.64. The third-order valence-corrected chi connectivity index (χ3v) is 4.21. The Bertz CT molecular complexity index is 529. The molecule has 1 N–H and O–H groups in total. The molecule has 2 atom stereocenters. The highest BCUT2D eigenvalue weighted by Crippen LogP contribution is 2.34. The molecule has 3 amide bonds. The second kappa shape index (κ2) is 8.08.